The smallest absolute Gasteiger partial charge is 0.274 e. The molecule has 0 saturated carbocycles. The fourth-order valence-corrected chi connectivity index (χ4v) is 3.55. The Morgan fingerprint density at radius 2 is 1.96 bits per heavy atom. The second-order valence-electron chi connectivity index (χ2n) is 6.67. The van der Waals surface area contributed by atoms with E-state index in [0.29, 0.717) is 23.7 Å². The van der Waals surface area contributed by atoms with Gasteiger partial charge in [0.25, 0.3) is 5.91 Å². The van der Waals surface area contributed by atoms with Gasteiger partial charge in [0.2, 0.25) is 0 Å². The topological polar surface area (TPSA) is 54.5 Å². The van der Waals surface area contributed by atoms with E-state index in [0.717, 1.165) is 25.1 Å². The van der Waals surface area contributed by atoms with Crippen LogP contribution in [-0.2, 0) is 6.42 Å². The van der Waals surface area contributed by atoms with Crippen molar-refractivity contribution in [1.29, 1.82) is 0 Å². The second-order valence-corrected chi connectivity index (χ2v) is 6.67. The Bertz CT molecular complexity index is 987. The van der Waals surface area contributed by atoms with Crippen LogP contribution in [0.2, 0.25) is 0 Å². The molecular formula is C23H23N3O2. The number of nitrogens with one attached hydrogen (secondary N) is 1. The molecule has 1 aromatic heterocycles. The molecule has 0 spiro atoms. The molecule has 0 atom stereocenters. The summed E-state index contributed by atoms with van der Waals surface area (Å²) in [4.78, 5) is 19.3. The molecule has 1 amide bonds. The summed E-state index contributed by atoms with van der Waals surface area (Å²) >= 11 is 0. The first-order valence-corrected chi connectivity index (χ1v) is 9.61. The number of hydrogen-bond donors (Lipinski definition) is 1. The third-order valence-corrected chi connectivity index (χ3v) is 4.83. The van der Waals surface area contributed by atoms with Crippen molar-refractivity contribution in [2.24, 2.45) is 0 Å². The van der Waals surface area contributed by atoms with Crippen LogP contribution >= 0.6 is 0 Å². The average molecular weight is 373 g/mol. The van der Waals surface area contributed by atoms with Gasteiger partial charge in [0, 0.05) is 24.1 Å². The molecule has 2 aromatic carbocycles. The predicted molar refractivity (Wildman–Crippen MR) is 112 cm³/mol. The van der Waals surface area contributed by atoms with Crippen molar-refractivity contribution in [2.45, 2.75) is 19.8 Å². The number of hydrogen-bond acceptors (Lipinski definition) is 4. The van der Waals surface area contributed by atoms with Crippen molar-refractivity contribution in [3.63, 3.8) is 0 Å². The van der Waals surface area contributed by atoms with Gasteiger partial charge in [0.05, 0.1) is 12.3 Å². The van der Waals surface area contributed by atoms with E-state index in [4.69, 9.17) is 4.74 Å². The Morgan fingerprint density at radius 3 is 2.86 bits per heavy atom. The van der Waals surface area contributed by atoms with Crippen molar-refractivity contribution >= 4 is 23.0 Å². The number of fused-ring (bicyclic) bond motifs is 1. The molecule has 2 heterocycles. The largest absolute Gasteiger partial charge is 0.492 e. The Kier molecular flexibility index (Phi) is 5.24. The molecule has 0 radical (unpaired) electrons. The zero-order chi connectivity index (χ0) is 19.3. The standard InChI is InChI=1S/C23H23N3O2/c1-2-28-22-12-6-4-10-19(22)25-23(27)20-16-18(13-14-24-20)26-15-7-9-17-8-3-5-11-21(17)26/h3-6,8,10-14,16H,2,7,9,15H2,1H3,(H,25,27). The summed E-state index contributed by atoms with van der Waals surface area (Å²) in [5, 5.41) is 2.92. The fraction of sp³-hybridized carbons (Fsp3) is 0.217. The minimum absolute atomic E-state index is 0.251. The summed E-state index contributed by atoms with van der Waals surface area (Å²) in [5.74, 6) is 0.402. The Balaban J connectivity index is 1.59. The third-order valence-electron chi connectivity index (χ3n) is 4.83. The monoisotopic (exact) mass is 373 g/mol. The maximum atomic E-state index is 12.8. The van der Waals surface area contributed by atoms with E-state index < -0.39 is 0 Å². The van der Waals surface area contributed by atoms with Crippen molar-refractivity contribution in [3.8, 4) is 5.75 Å². The molecular weight excluding hydrogens is 350 g/mol. The number of carbonyl (C=O) groups excluding carboxylic acids is 1. The van der Waals surface area contributed by atoms with E-state index in [-0.39, 0.29) is 5.91 Å². The Hall–Kier alpha value is -3.34. The van der Waals surface area contributed by atoms with Gasteiger partial charge in [-0.15, -0.1) is 0 Å². The molecule has 1 aliphatic heterocycles. The summed E-state index contributed by atoms with van der Waals surface area (Å²) in [6, 6.07) is 19.6. The number of nitrogens with zero attached hydrogens (tertiary/aromatic N) is 2. The van der Waals surface area contributed by atoms with E-state index >= 15 is 0 Å². The Morgan fingerprint density at radius 1 is 1.14 bits per heavy atom. The normalized spacial score (nSPS) is 13.0. The zero-order valence-electron chi connectivity index (χ0n) is 15.9. The lowest BCUT2D eigenvalue weighted by molar-refractivity contribution is 0.102. The van der Waals surface area contributed by atoms with Crippen LogP contribution in [0.15, 0.2) is 66.9 Å². The maximum Gasteiger partial charge on any atom is 0.274 e. The van der Waals surface area contributed by atoms with Crippen molar-refractivity contribution in [1.82, 2.24) is 4.98 Å². The van der Waals surface area contributed by atoms with Crippen LogP contribution in [0.3, 0.4) is 0 Å². The quantitative estimate of drug-likeness (QED) is 0.697. The number of rotatable bonds is 5. The molecule has 0 bridgehead atoms. The summed E-state index contributed by atoms with van der Waals surface area (Å²) in [7, 11) is 0. The van der Waals surface area contributed by atoms with Gasteiger partial charge >= 0.3 is 0 Å². The number of para-hydroxylation sites is 3. The van der Waals surface area contributed by atoms with E-state index in [1.54, 1.807) is 6.20 Å². The number of aromatic nitrogens is 1. The summed E-state index contributed by atoms with van der Waals surface area (Å²) < 4.78 is 5.59. The molecule has 1 N–H and O–H groups in total. The molecule has 142 valence electrons. The number of aryl methyl sites for hydroxylation is 1. The van der Waals surface area contributed by atoms with E-state index in [2.05, 4.69) is 39.5 Å². The molecule has 0 fully saturated rings. The van der Waals surface area contributed by atoms with Crippen LogP contribution in [0.25, 0.3) is 0 Å². The lowest BCUT2D eigenvalue weighted by Crippen LogP contribution is -2.25. The highest BCUT2D eigenvalue weighted by molar-refractivity contribution is 6.04. The highest BCUT2D eigenvalue weighted by Gasteiger charge is 2.19. The van der Waals surface area contributed by atoms with Gasteiger partial charge < -0.3 is 15.0 Å². The molecule has 5 heteroatoms. The van der Waals surface area contributed by atoms with Crippen LogP contribution in [0.5, 0.6) is 5.75 Å². The van der Waals surface area contributed by atoms with Crippen LogP contribution < -0.4 is 15.0 Å². The summed E-state index contributed by atoms with van der Waals surface area (Å²) in [6.07, 6.45) is 3.86. The Labute approximate surface area is 165 Å². The van der Waals surface area contributed by atoms with E-state index in [1.165, 1.54) is 11.3 Å². The molecule has 28 heavy (non-hydrogen) atoms. The van der Waals surface area contributed by atoms with Gasteiger partial charge in [-0.25, -0.2) is 0 Å². The van der Waals surface area contributed by atoms with Crippen LogP contribution in [0, 0.1) is 0 Å². The first kappa shape index (κ1) is 18.0. The van der Waals surface area contributed by atoms with Crippen LogP contribution in [0.4, 0.5) is 17.1 Å². The highest BCUT2D eigenvalue weighted by atomic mass is 16.5. The summed E-state index contributed by atoms with van der Waals surface area (Å²) in [5.41, 5.74) is 4.54. The molecule has 0 saturated heterocycles. The number of benzene rings is 2. The van der Waals surface area contributed by atoms with Gasteiger partial charge in [-0.3, -0.25) is 9.78 Å². The van der Waals surface area contributed by atoms with Crippen molar-refractivity contribution in [3.05, 3.63) is 78.1 Å². The molecule has 1 aliphatic rings. The average Bonchev–Trinajstić information content (AvgIpc) is 2.75. The second kappa shape index (κ2) is 8.13. The van der Waals surface area contributed by atoms with Crippen molar-refractivity contribution in [2.75, 3.05) is 23.4 Å². The van der Waals surface area contributed by atoms with Gasteiger partial charge in [-0.2, -0.15) is 0 Å². The minimum atomic E-state index is -0.251. The molecule has 4 rings (SSSR count). The first-order chi connectivity index (χ1) is 13.8. The molecule has 0 aliphatic carbocycles. The lowest BCUT2D eigenvalue weighted by Gasteiger charge is -2.31. The minimum Gasteiger partial charge on any atom is -0.492 e. The molecule has 5 nitrogen and oxygen atoms in total. The van der Waals surface area contributed by atoms with E-state index in [9.17, 15) is 4.79 Å². The van der Waals surface area contributed by atoms with Gasteiger partial charge in [0.1, 0.15) is 11.4 Å². The molecule has 3 aromatic rings. The lowest BCUT2D eigenvalue weighted by atomic mass is 10.0. The van der Waals surface area contributed by atoms with Crippen molar-refractivity contribution < 1.29 is 9.53 Å². The predicted octanol–water partition coefficient (Wildman–Crippen LogP) is 4.82. The van der Waals surface area contributed by atoms with Crippen LogP contribution in [0.1, 0.15) is 29.4 Å². The SMILES string of the molecule is CCOc1ccccc1NC(=O)c1cc(N2CCCc3ccccc32)ccn1. The first-order valence-electron chi connectivity index (χ1n) is 9.61. The van der Waals surface area contributed by atoms with Crippen LogP contribution in [-0.4, -0.2) is 24.0 Å². The number of pyridine rings is 1. The zero-order valence-corrected chi connectivity index (χ0v) is 15.9. The van der Waals surface area contributed by atoms with Gasteiger partial charge in [-0.1, -0.05) is 30.3 Å². The van der Waals surface area contributed by atoms with Gasteiger partial charge in [-0.05, 0) is 55.7 Å². The summed E-state index contributed by atoms with van der Waals surface area (Å²) in [6.45, 7) is 3.38. The number of anilines is 3. The maximum absolute atomic E-state index is 12.8. The number of amides is 1. The number of ether oxygens (including phenoxy) is 1. The van der Waals surface area contributed by atoms with E-state index in [1.807, 2.05) is 43.3 Å². The fourth-order valence-electron chi connectivity index (χ4n) is 3.55. The molecule has 0 unspecified atom stereocenters. The van der Waals surface area contributed by atoms with Gasteiger partial charge in [0.15, 0.2) is 0 Å². The number of carbonyl (C=O) groups is 1. The highest BCUT2D eigenvalue weighted by Crippen LogP contribution is 2.33. The third kappa shape index (κ3) is 3.69.